The van der Waals surface area contributed by atoms with Crippen LogP contribution in [-0.4, -0.2) is 4.98 Å². The molecule has 0 saturated carbocycles. The van der Waals surface area contributed by atoms with Gasteiger partial charge in [0.05, 0.1) is 4.60 Å². The average Bonchev–Trinajstić information content (AvgIpc) is 2.23. The van der Waals surface area contributed by atoms with Crippen LogP contribution in [0, 0.1) is 12.7 Å². The largest absolute Gasteiger partial charge is 0.316 e. The Hall–Kier alpha value is -1.42. The molecular formula is C12H9BrFNO. The molecule has 1 aromatic carbocycles. The van der Waals surface area contributed by atoms with E-state index in [2.05, 4.69) is 20.9 Å². The fourth-order valence-corrected chi connectivity index (χ4v) is 2.00. The van der Waals surface area contributed by atoms with E-state index in [1.165, 1.54) is 12.1 Å². The molecule has 4 heteroatoms. The number of nitrogens with one attached hydrogen (secondary N) is 1. The molecule has 16 heavy (non-hydrogen) atoms. The Bertz CT molecular complexity index is 592. The summed E-state index contributed by atoms with van der Waals surface area (Å²) in [5, 5.41) is 0. The highest BCUT2D eigenvalue weighted by Gasteiger charge is 2.06. The molecule has 0 aliphatic heterocycles. The van der Waals surface area contributed by atoms with Gasteiger partial charge < -0.3 is 4.98 Å². The number of rotatable bonds is 1. The quantitative estimate of drug-likeness (QED) is 0.800. The van der Waals surface area contributed by atoms with Gasteiger partial charge in [0.25, 0.3) is 5.56 Å². The van der Waals surface area contributed by atoms with E-state index in [0.717, 1.165) is 11.1 Å². The Morgan fingerprint density at radius 3 is 2.75 bits per heavy atom. The molecule has 0 saturated heterocycles. The number of halogens is 2. The number of aryl methyl sites for hydroxylation is 1. The van der Waals surface area contributed by atoms with Gasteiger partial charge in [-0.1, -0.05) is 12.1 Å². The van der Waals surface area contributed by atoms with Crippen molar-refractivity contribution in [2.45, 2.75) is 6.92 Å². The van der Waals surface area contributed by atoms with Crippen molar-refractivity contribution < 1.29 is 4.39 Å². The zero-order valence-corrected chi connectivity index (χ0v) is 10.1. The van der Waals surface area contributed by atoms with Crippen molar-refractivity contribution in [3.8, 4) is 11.1 Å². The van der Waals surface area contributed by atoms with Crippen LogP contribution in [-0.2, 0) is 0 Å². The van der Waals surface area contributed by atoms with Gasteiger partial charge in [0.1, 0.15) is 5.82 Å². The van der Waals surface area contributed by atoms with E-state index in [-0.39, 0.29) is 11.4 Å². The molecule has 2 aromatic rings. The second-order valence-electron chi connectivity index (χ2n) is 3.52. The van der Waals surface area contributed by atoms with Gasteiger partial charge in [0.15, 0.2) is 0 Å². The van der Waals surface area contributed by atoms with Crippen molar-refractivity contribution in [1.82, 2.24) is 4.98 Å². The summed E-state index contributed by atoms with van der Waals surface area (Å²) < 4.78 is 13.6. The number of aromatic nitrogens is 1. The fraction of sp³-hybridized carbons (Fsp3) is 0.0833. The molecule has 0 unspecified atom stereocenters. The van der Waals surface area contributed by atoms with E-state index in [1.54, 1.807) is 25.1 Å². The SMILES string of the molecule is Cc1cc(-c2cccc(F)c2)c(Br)[nH]c1=O. The number of pyridine rings is 1. The van der Waals surface area contributed by atoms with Gasteiger partial charge in [-0.2, -0.15) is 0 Å². The van der Waals surface area contributed by atoms with Gasteiger partial charge in [-0.15, -0.1) is 0 Å². The molecule has 1 heterocycles. The number of benzene rings is 1. The molecule has 1 N–H and O–H groups in total. The van der Waals surface area contributed by atoms with Crippen molar-refractivity contribution in [3.63, 3.8) is 0 Å². The number of hydrogen-bond donors (Lipinski definition) is 1. The molecule has 0 bridgehead atoms. The average molecular weight is 282 g/mol. The van der Waals surface area contributed by atoms with Crippen LogP contribution in [0.3, 0.4) is 0 Å². The Balaban J connectivity index is 2.65. The molecule has 0 radical (unpaired) electrons. The van der Waals surface area contributed by atoms with Crippen LogP contribution in [0.5, 0.6) is 0 Å². The minimum absolute atomic E-state index is 0.146. The maximum absolute atomic E-state index is 13.1. The Kier molecular flexibility index (Phi) is 2.92. The van der Waals surface area contributed by atoms with Gasteiger partial charge in [-0.3, -0.25) is 4.79 Å². The second-order valence-corrected chi connectivity index (χ2v) is 4.31. The monoisotopic (exact) mass is 281 g/mol. The van der Waals surface area contributed by atoms with Crippen molar-refractivity contribution in [3.05, 3.63) is 56.7 Å². The number of hydrogen-bond acceptors (Lipinski definition) is 1. The molecule has 0 spiro atoms. The summed E-state index contributed by atoms with van der Waals surface area (Å²) >= 11 is 3.26. The maximum atomic E-state index is 13.1. The minimum Gasteiger partial charge on any atom is -0.316 e. The second kappa shape index (κ2) is 4.22. The molecule has 0 amide bonds. The van der Waals surface area contributed by atoms with E-state index < -0.39 is 0 Å². The summed E-state index contributed by atoms with van der Waals surface area (Å²) in [4.78, 5) is 14.0. The van der Waals surface area contributed by atoms with Crippen LogP contribution in [0.4, 0.5) is 4.39 Å². The summed E-state index contributed by atoms with van der Waals surface area (Å²) in [5.41, 5.74) is 1.96. The third kappa shape index (κ3) is 2.07. The van der Waals surface area contributed by atoms with E-state index in [9.17, 15) is 9.18 Å². The third-order valence-corrected chi connectivity index (χ3v) is 2.94. The van der Waals surface area contributed by atoms with Crippen molar-refractivity contribution in [1.29, 1.82) is 0 Å². The van der Waals surface area contributed by atoms with Gasteiger partial charge in [-0.25, -0.2) is 4.39 Å². The standard InChI is InChI=1S/C12H9BrFNO/c1-7-5-10(11(13)15-12(7)16)8-3-2-4-9(14)6-8/h2-6H,1H3,(H,15,16). The highest BCUT2D eigenvalue weighted by Crippen LogP contribution is 2.26. The molecular weight excluding hydrogens is 273 g/mol. The smallest absolute Gasteiger partial charge is 0.251 e. The van der Waals surface area contributed by atoms with Gasteiger partial charge in [0.2, 0.25) is 0 Å². The predicted octanol–water partition coefficient (Wildman–Crippen LogP) is 3.25. The van der Waals surface area contributed by atoms with Gasteiger partial charge in [-0.05, 0) is 46.6 Å². The highest BCUT2D eigenvalue weighted by atomic mass is 79.9. The normalized spacial score (nSPS) is 10.4. The van der Waals surface area contributed by atoms with E-state index >= 15 is 0 Å². The highest BCUT2D eigenvalue weighted by molar-refractivity contribution is 9.10. The van der Waals surface area contributed by atoms with Crippen LogP contribution in [0.25, 0.3) is 11.1 Å². The summed E-state index contributed by atoms with van der Waals surface area (Å²) in [5.74, 6) is -0.298. The lowest BCUT2D eigenvalue weighted by Crippen LogP contribution is -2.09. The maximum Gasteiger partial charge on any atom is 0.251 e. The summed E-state index contributed by atoms with van der Waals surface area (Å²) in [6.45, 7) is 1.72. The Morgan fingerprint density at radius 1 is 1.31 bits per heavy atom. The number of H-pyrrole nitrogens is 1. The molecule has 0 aliphatic carbocycles. The van der Waals surface area contributed by atoms with Crippen molar-refractivity contribution >= 4 is 15.9 Å². The summed E-state index contributed by atoms with van der Waals surface area (Å²) in [7, 11) is 0. The van der Waals surface area contributed by atoms with Crippen LogP contribution in [0.15, 0.2) is 39.7 Å². The first-order chi connectivity index (χ1) is 7.58. The van der Waals surface area contributed by atoms with Gasteiger partial charge in [0, 0.05) is 11.1 Å². The predicted molar refractivity (Wildman–Crippen MR) is 64.9 cm³/mol. The van der Waals surface area contributed by atoms with Crippen LogP contribution in [0.2, 0.25) is 0 Å². The van der Waals surface area contributed by atoms with Gasteiger partial charge >= 0.3 is 0 Å². The molecule has 0 atom stereocenters. The van der Waals surface area contributed by atoms with Crippen LogP contribution >= 0.6 is 15.9 Å². The first kappa shape index (κ1) is 11.1. The third-order valence-electron chi connectivity index (χ3n) is 2.31. The van der Waals surface area contributed by atoms with E-state index in [0.29, 0.717) is 10.2 Å². The minimum atomic E-state index is -0.298. The molecule has 1 aromatic heterocycles. The lowest BCUT2D eigenvalue weighted by Gasteiger charge is -2.05. The van der Waals surface area contributed by atoms with E-state index in [4.69, 9.17) is 0 Å². The lowest BCUT2D eigenvalue weighted by atomic mass is 10.1. The molecule has 0 fully saturated rings. The molecule has 0 aliphatic rings. The molecule has 2 rings (SSSR count). The van der Waals surface area contributed by atoms with Crippen molar-refractivity contribution in [2.75, 3.05) is 0 Å². The van der Waals surface area contributed by atoms with Crippen LogP contribution < -0.4 is 5.56 Å². The topological polar surface area (TPSA) is 32.9 Å². The summed E-state index contributed by atoms with van der Waals surface area (Å²) in [6, 6.07) is 7.98. The molecule has 2 nitrogen and oxygen atoms in total. The summed E-state index contributed by atoms with van der Waals surface area (Å²) in [6.07, 6.45) is 0. The first-order valence-electron chi connectivity index (χ1n) is 4.73. The molecule has 82 valence electrons. The van der Waals surface area contributed by atoms with Crippen molar-refractivity contribution in [2.24, 2.45) is 0 Å². The van der Waals surface area contributed by atoms with E-state index in [1.807, 2.05) is 0 Å². The first-order valence-corrected chi connectivity index (χ1v) is 5.52. The Labute approximate surface area is 100 Å². The zero-order chi connectivity index (χ0) is 11.7. The number of aromatic amines is 1. The Morgan fingerprint density at radius 2 is 2.06 bits per heavy atom. The zero-order valence-electron chi connectivity index (χ0n) is 8.55. The van der Waals surface area contributed by atoms with Crippen LogP contribution in [0.1, 0.15) is 5.56 Å². The lowest BCUT2D eigenvalue weighted by molar-refractivity contribution is 0.628. The fourth-order valence-electron chi connectivity index (χ4n) is 1.48.